The fourth-order valence-electron chi connectivity index (χ4n) is 3.21. The van der Waals surface area contributed by atoms with Crippen LogP contribution in [-0.4, -0.2) is 80.2 Å². The highest BCUT2D eigenvalue weighted by Crippen LogP contribution is 2.21. The van der Waals surface area contributed by atoms with Crippen LogP contribution in [0.5, 0.6) is 0 Å². The molecule has 3 aromatic rings. The van der Waals surface area contributed by atoms with Crippen molar-refractivity contribution >= 4 is 29.4 Å². The molecule has 2 amide bonds. The van der Waals surface area contributed by atoms with Gasteiger partial charge in [0, 0.05) is 31.7 Å². The minimum atomic E-state index is -0.340. The Morgan fingerprint density at radius 3 is 2.45 bits per heavy atom. The summed E-state index contributed by atoms with van der Waals surface area (Å²) in [5, 5.41) is 13.4. The van der Waals surface area contributed by atoms with Gasteiger partial charge in [0.1, 0.15) is 10.8 Å². The zero-order valence-electron chi connectivity index (χ0n) is 16.9. The number of carbonyl (C=O) groups excluding carboxylic acids is 2. The quantitative estimate of drug-likeness (QED) is 0.558. The van der Waals surface area contributed by atoms with E-state index in [2.05, 4.69) is 15.3 Å². The van der Waals surface area contributed by atoms with E-state index in [0.717, 1.165) is 0 Å². The number of ether oxygens (including phenoxy) is 1. The highest BCUT2D eigenvalue weighted by atomic mass is 32.2. The van der Waals surface area contributed by atoms with Crippen molar-refractivity contribution in [2.24, 2.45) is 0 Å². The fourth-order valence-corrected chi connectivity index (χ4v) is 3.97. The summed E-state index contributed by atoms with van der Waals surface area (Å²) < 4.78 is 19.8. The molecule has 0 unspecified atom stereocenters. The van der Waals surface area contributed by atoms with Gasteiger partial charge in [0.2, 0.25) is 5.91 Å². The van der Waals surface area contributed by atoms with E-state index in [-0.39, 0.29) is 23.6 Å². The van der Waals surface area contributed by atoms with Crippen molar-refractivity contribution in [3.63, 3.8) is 0 Å². The number of halogens is 1. The van der Waals surface area contributed by atoms with Crippen molar-refractivity contribution in [3.8, 4) is 11.4 Å². The monoisotopic (exact) mass is 444 g/mol. The fraction of sp³-hybridized carbons (Fsp3) is 0.350. The number of thioether (sulfide) groups is 1. The number of piperazine rings is 1. The van der Waals surface area contributed by atoms with Gasteiger partial charge in [-0.1, -0.05) is 11.8 Å². The summed E-state index contributed by atoms with van der Waals surface area (Å²) >= 11 is 1.32. The van der Waals surface area contributed by atoms with Crippen LogP contribution < -0.4 is 0 Å². The molecule has 1 aliphatic heterocycles. The van der Waals surface area contributed by atoms with Gasteiger partial charge in [0.05, 0.1) is 12.4 Å². The largest absolute Gasteiger partial charge is 0.450 e. The molecule has 9 nitrogen and oxygen atoms in total. The highest BCUT2D eigenvalue weighted by molar-refractivity contribution is 7.99. The summed E-state index contributed by atoms with van der Waals surface area (Å²) in [5.41, 5.74) is 1.25. The zero-order valence-corrected chi connectivity index (χ0v) is 17.7. The van der Waals surface area contributed by atoms with Crippen LogP contribution in [0.25, 0.3) is 17.0 Å². The summed E-state index contributed by atoms with van der Waals surface area (Å²) in [7, 11) is 0. The summed E-state index contributed by atoms with van der Waals surface area (Å²) in [6, 6.07) is 9.51. The van der Waals surface area contributed by atoms with Crippen LogP contribution in [0, 0.1) is 5.82 Å². The molecule has 1 fully saturated rings. The molecule has 3 heterocycles. The molecule has 162 valence electrons. The SMILES string of the molecule is CCOC(=O)N1CCN(C(=O)CSc2ccc3nnc(-c4ccc(F)cc4)n3n2)CC1. The number of nitrogens with zero attached hydrogens (tertiary/aromatic N) is 6. The van der Waals surface area contributed by atoms with E-state index in [0.29, 0.717) is 54.8 Å². The standard InChI is InChI=1S/C20H21FN6O3S/c1-2-30-20(29)26-11-9-25(10-12-26)18(28)13-31-17-8-7-16-22-23-19(27(16)24-17)14-3-5-15(21)6-4-14/h3-8H,2,9-13H2,1H3. The molecule has 11 heteroatoms. The molecule has 31 heavy (non-hydrogen) atoms. The van der Waals surface area contributed by atoms with E-state index in [1.54, 1.807) is 45.5 Å². The van der Waals surface area contributed by atoms with Gasteiger partial charge in [-0.05, 0) is 43.3 Å². The molecule has 1 aromatic carbocycles. The Hall–Kier alpha value is -3.21. The number of amides is 2. The maximum atomic E-state index is 13.2. The molecular formula is C20H21FN6O3S. The average molecular weight is 444 g/mol. The number of fused-ring (bicyclic) bond motifs is 1. The summed E-state index contributed by atoms with van der Waals surface area (Å²) in [4.78, 5) is 27.7. The molecule has 0 atom stereocenters. The van der Waals surface area contributed by atoms with Crippen molar-refractivity contribution < 1.29 is 18.7 Å². The third-order valence-corrected chi connectivity index (χ3v) is 5.75. The van der Waals surface area contributed by atoms with Gasteiger partial charge in [-0.3, -0.25) is 4.79 Å². The zero-order chi connectivity index (χ0) is 21.8. The van der Waals surface area contributed by atoms with Gasteiger partial charge in [0.25, 0.3) is 0 Å². The Balaban J connectivity index is 1.38. The topological polar surface area (TPSA) is 92.9 Å². The Bertz CT molecular complexity index is 1080. The summed E-state index contributed by atoms with van der Waals surface area (Å²) in [5.74, 6) is 0.381. The van der Waals surface area contributed by atoms with Crippen LogP contribution in [0.15, 0.2) is 41.4 Å². The van der Waals surface area contributed by atoms with Gasteiger partial charge in [-0.2, -0.15) is 9.61 Å². The van der Waals surface area contributed by atoms with E-state index in [9.17, 15) is 14.0 Å². The molecule has 2 aromatic heterocycles. The van der Waals surface area contributed by atoms with Crippen LogP contribution in [-0.2, 0) is 9.53 Å². The summed E-state index contributed by atoms with van der Waals surface area (Å²) in [6.07, 6.45) is -0.340. The van der Waals surface area contributed by atoms with Gasteiger partial charge in [-0.25, -0.2) is 9.18 Å². The first-order valence-corrected chi connectivity index (χ1v) is 10.8. The Kier molecular flexibility index (Phi) is 6.31. The maximum Gasteiger partial charge on any atom is 0.409 e. The predicted octanol–water partition coefficient (Wildman–Crippen LogP) is 2.32. The molecule has 1 aliphatic rings. The Morgan fingerprint density at radius 1 is 1.03 bits per heavy atom. The number of carbonyl (C=O) groups is 2. The van der Waals surface area contributed by atoms with E-state index in [1.807, 2.05) is 0 Å². The minimum absolute atomic E-state index is 0.0158. The van der Waals surface area contributed by atoms with Gasteiger partial charge in [0.15, 0.2) is 11.5 Å². The third-order valence-electron chi connectivity index (χ3n) is 4.84. The van der Waals surface area contributed by atoms with Crippen LogP contribution in [0.3, 0.4) is 0 Å². The smallest absolute Gasteiger partial charge is 0.409 e. The number of hydrogen-bond donors (Lipinski definition) is 0. The van der Waals surface area contributed by atoms with Crippen molar-refractivity contribution in [2.45, 2.75) is 11.9 Å². The van der Waals surface area contributed by atoms with E-state index in [4.69, 9.17) is 4.74 Å². The molecular weight excluding hydrogens is 423 g/mol. The third kappa shape index (κ3) is 4.76. The molecule has 0 bridgehead atoms. The maximum absolute atomic E-state index is 13.2. The molecule has 0 aliphatic carbocycles. The first-order valence-electron chi connectivity index (χ1n) is 9.86. The first kappa shape index (κ1) is 21.0. The van der Waals surface area contributed by atoms with Crippen molar-refractivity contribution in [2.75, 3.05) is 38.5 Å². The van der Waals surface area contributed by atoms with Gasteiger partial charge >= 0.3 is 6.09 Å². The Labute approximate surface area is 182 Å². The van der Waals surface area contributed by atoms with Crippen LogP contribution in [0.4, 0.5) is 9.18 Å². The minimum Gasteiger partial charge on any atom is -0.450 e. The molecule has 4 rings (SSSR count). The van der Waals surface area contributed by atoms with Gasteiger partial charge < -0.3 is 14.5 Å². The van der Waals surface area contributed by atoms with Crippen molar-refractivity contribution in [1.29, 1.82) is 0 Å². The Morgan fingerprint density at radius 2 is 1.74 bits per heavy atom. The molecule has 0 spiro atoms. The molecule has 0 radical (unpaired) electrons. The van der Waals surface area contributed by atoms with E-state index in [1.165, 1.54) is 23.9 Å². The highest BCUT2D eigenvalue weighted by Gasteiger charge is 2.24. The van der Waals surface area contributed by atoms with Gasteiger partial charge in [-0.15, -0.1) is 10.2 Å². The predicted molar refractivity (Wildman–Crippen MR) is 112 cm³/mol. The van der Waals surface area contributed by atoms with Crippen LogP contribution >= 0.6 is 11.8 Å². The average Bonchev–Trinajstić information content (AvgIpc) is 3.21. The second-order valence-corrected chi connectivity index (χ2v) is 7.82. The second kappa shape index (κ2) is 9.29. The number of aromatic nitrogens is 4. The molecule has 0 N–H and O–H groups in total. The van der Waals surface area contributed by atoms with E-state index >= 15 is 0 Å². The van der Waals surface area contributed by atoms with Crippen molar-refractivity contribution in [3.05, 3.63) is 42.2 Å². The second-order valence-electron chi connectivity index (χ2n) is 6.83. The molecule has 0 saturated carbocycles. The lowest BCUT2D eigenvalue weighted by Crippen LogP contribution is -2.51. The lowest BCUT2D eigenvalue weighted by atomic mass is 10.2. The first-order chi connectivity index (χ1) is 15.0. The van der Waals surface area contributed by atoms with Crippen LogP contribution in [0.1, 0.15) is 6.92 Å². The lowest BCUT2D eigenvalue weighted by molar-refractivity contribution is -0.129. The van der Waals surface area contributed by atoms with Crippen molar-refractivity contribution in [1.82, 2.24) is 29.6 Å². The van der Waals surface area contributed by atoms with Crippen LogP contribution in [0.2, 0.25) is 0 Å². The number of hydrogen-bond acceptors (Lipinski definition) is 7. The normalized spacial score (nSPS) is 14.1. The summed E-state index contributed by atoms with van der Waals surface area (Å²) in [6.45, 7) is 3.97. The van der Waals surface area contributed by atoms with E-state index < -0.39 is 0 Å². The lowest BCUT2D eigenvalue weighted by Gasteiger charge is -2.34. The number of rotatable bonds is 5. The molecule has 1 saturated heterocycles. The number of benzene rings is 1.